The van der Waals surface area contributed by atoms with Gasteiger partial charge in [0, 0.05) is 11.6 Å². The third kappa shape index (κ3) is 4.65. The summed E-state index contributed by atoms with van der Waals surface area (Å²) in [5, 5.41) is 6.80. The predicted octanol–water partition coefficient (Wildman–Crippen LogP) is 3.36. The normalized spacial score (nSPS) is 26.2. The van der Waals surface area contributed by atoms with Gasteiger partial charge in [-0.2, -0.15) is 0 Å². The molecule has 0 aromatic carbocycles. The van der Waals surface area contributed by atoms with Gasteiger partial charge in [-0.15, -0.1) is 0 Å². The van der Waals surface area contributed by atoms with Gasteiger partial charge < -0.3 is 15.4 Å². The third-order valence-corrected chi connectivity index (χ3v) is 4.38. The lowest BCUT2D eigenvalue weighted by atomic mass is 9.86. The first kappa shape index (κ1) is 15.6. The molecule has 1 saturated heterocycles. The van der Waals surface area contributed by atoms with E-state index in [-0.39, 0.29) is 11.6 Å². The fraction of sp³-hybridized carbons (Fsp3) is 0.938. The van der Waals surface area contributed by atoms with Crippen LogP contribution in [0.5, 0.6) is 0 Å². The van der Waals surface area contributed by atoms with Crippen molar-refractivity contribution >= 4 is 6.09 Å². The summed E-state index contributed by atoms with van der Waals surface area (Å²) < 4.78 is 5.44. The Bertz CT molecular complexity index is 324. The van der Waals surface area contributed by atoms with Gasteiger partial charge in [0.25, 0.3) is 0 Å². The van der Waals surface area contributed by atoms with Gasteiger partial charge in [-0.05, 0) is 59.4 Å². The summed E-state index contributed by atoms with van der Waals surface area (Å²) in [6.45, 7) is 6.86. The van der Waals surface area contributed by atoms with E-state index in [1.54, 1.807) is 0 Å². The van der Waals surface area contributed by atoms with Crippen LogP contribution in [0.4, 0.5) is 4.79 Å². The average Bonchev–Trinajstić information content (AvgIpc) is 2.75. The Hall–Kier alpha value is -0.770. The largest absolute Gasteiger partial charge is 0.444 e. The maximum atomic E-state index is 12.1. The summed E-state index contributed by atoms with van der Waals surface area (Å²) in [5.74, 6) is 0. The quantitative estimate of drug-likeness (QED) is 0.834. The summed E-state index contributed by atoms with van der Waals surface area (Å²) in [5.41, 5.74) is -0.468. The number of carbonyl (C=O) groups is 1. The highest BCUT2D eigenvalue weighted by molar-refractivity contribution is 5.68. The number of hydrogen-bond acceptors (Lipinski definition) is 3. The van der Waals surface area contributed by atoms with E-state index in [0.717, 1.165) is 25.8 Å². The van der Waals surface area contributed by atoms with Crippen LogP contribution in [-0.2, 0) is 4.74 Å². The average molecular weight is 282 g/mol. The third-order valence-electron chi connectivity index (χ3n) is 4.38. The van der Waals surface area contributed by atoms with Gasteiger partial charge >= 0.3 is 6.09 Å². The highest BCUT2D eigenvalue weighted by atomic mass is 16.6. The fourth-order valence-corrected chi connectivity index (χ4v) is 3.52. The molecule has 1 aliphatic carbocycles. The van der Waals surface area contributed by atoms with Crippen LogP contribution in [0.3, 0.4) is 0 Å². The lowest BCUT2D eigenvalue weighted by Crippen LogP contribution is -2.52. The van der Waals surface area contributed by atoms with E-state index in [4.69, 9.17) is 4.74 Å². The molecule has 4 nitrogen and oxygen atoms in total. The zero-order chi connectivity index (χ0) is 14.6. The molecule has 0 spiro atoms. The molecule has 2 rings (SSSR count). The first-order chi connectivity index (χ1) is 9.39. The molecule has 1 aliphatic heterocycles. The Balaban J connectivity index is 1.92. The second-order valence-corrected chi connectivity index (χ2v) is 7.47. The lowest BCUT2D eigenvalue weighted by molar-refractivity contribution is 0.0441. The monoisotopic (exact) mass is 282 g/mol. The summed E-state index contributed by atoms with van der Waals surface area (Å²) in [6, 6.07) is 0.553. The summed E-state index contributed by atoms with van der Waals surface area (Å²) in [7, 11) is 0. The van der Waals surface area contributed by atoms with Crippen molar-refractivity contribution in [1.82, 2.24) is 10.6 Å². The van der Waals surface area contributed by atoms with Crippen LogP contribution in [0, 0.1) is 0 Å². The van der Waals surface area contributed by atoms with Crippen molar-refractivity contribution in [3.05, 3.63) is 0 Å². The number of alkyl carbamates (subject to hydrolysis) is 1. The Labute approximate surface area is 123 Å². The molecule has 2 fully saturated rings. The molecule has 20 heavy (non-hydrogen) atoms. The fourth-order valence-electron chi connectivity index (χ4n) is 3.52. The van der Waals surface area contributed by atoms with Crippen LogP contribution in [0.1, 0.15) is 72.1 Å². The molecule has 4 heteroatoms. The van der Waals surface area contributed by atoms with Crippen molar-refractivity contribution in [3.8, 4) is 0 Å². The van der Waals surface area contributed by atoms with E-state index in [1.165, 1.54) is 32.1 Å². The minimum atomic E-state index is -0.424. The van der Waals surface area contributed by atoms with Gasteiger partial charge in [0.1, 0.15) is 5.60 Å². The number of ether oxygens (including phenoxy) is 1. The van der Waals surface area contributed by atoms with Gasteiger partial charge in [0.15, 0.2) is 0 Å². The van der Waals surface area contributed by atoms with Crippen molar-refractivity contribution in [2.45, 2.75) is 89.3 Å². The number of hydrogen-bond donors (Lipinski definition) is 2. The smallest absolute Gasteiger partial charge is 0.408 e. The molecule has 1 atom stereocenters. The summed E-state index contributed by atoms with van der Waals surface area (Å²) >= 11 is 0. The number of amides is 1. The number of carbonyl (C=O) groups excluding carboxylic acids is 1. The lowest BCUT2D eigenvalue weighted by Gasteiger charge is -2.36. The van der Waals surface area contributed by atoms with Crippen molar-refractivity contribution in [3.63, 3.8) is 0 Å². The molecule has 2 aliphatic rings. The number of nitrogens with one attached hydrogen (secondary N) is 2. The van der Waals surface area contributed by atoms with Crippen molar-refractivity contribution in [2.24, 2.45) is 0 Å². The van der Waals surface area contributed by atoms with Crippen LogP contribution >= 0.6 is 0 Å². The molecule has 1 saturated carbocycles. The number of rotatable bonds is 3. The molecule has 0 aromatic rings. The van der Waals surface area contributed by atoms with Crippen molar-refractivity contribution in [2.75, 3.05) is 6.54 Å². The SMILES string of the molecule is CC(C)(C)OC(=O)NC1(CC2CCCCN2)CCCC1. The van der Waals surface area contributed by atoms with Gasteiger partial charge in [-0.3, -0.25) is 0 Å². The van der Waals surface area contributed by atoms with Crippen LogP contribution < -0.4 is 10.6 Å². The highest BCUT2D eigenvalue weighted by Gasteiger charge is 2.38. The maximum Gasteiger partial charge on any atom is 0.408 e. The van der Waals surface area contributed by atoms with E-state index in [0.29, 0.717) is 6.04 Å². The highest BCUT2D eigenvalue weighted by Crippen LogP contribution is 2.35. The second kappa shape index (κ2) is 6.33. The van der Waals surface area contributed by atoms with E-state index < -0.39 is 5.60 Å². The van der Waals surface area contributed by atoms with Gasteiger partial charge in [-0.25, -0.2) is 4.79 Å². The minimum Gasteiger partial charge on any atom is -0.444 e. The summed E-state index contributed by atoms with van der Waals surface area (Å²) in [6.07, 6.45) is 9.21. The van der Waals surface area contributed by atoms with E-state index in [1.807, 2.05) is 20.8 Å². The van der Waals surface area contributed by atoms with Gasteiger partial charge in [0.05, 0.1) is 0 Å². The molecular weight excluding hydrogens is 252 g/mol. The maximum absolute atomic E-state index is 12.1. The molecule has 1 heterocycles. The zero-order valence-electron chi connectivity index (χ0n) is 13.3. The van der Waals surface area contributed by atoms with Crippen LogP contribution in [0.15, 0.2) is 0 Å². The van der Waals surface area contributed by atoms with E-state index >= 15 is 0 Å². The van der Waals surface area contributed by atoms with Crippen LogP contribution in [0.2, 0.25) is 0 Å². The molecule has 116 valence electrons. The Morgan fingerprint density at radius 3 is 2.50 bits per heavy atom. The Kier molecular flexibility index (Phi) is 4.95. The molecule has 1 amide bonds. The van der Waals surface area contributed by atoms with Gasteiger partial charge in [-0.1, -0.05) is 19.3 Å². The molecular formula is C16H30N2O2. The van der Waals surface area contributed by atoms with Crippen molar-refractivity contribution < 1.29 is 9.53 Å². The Morgan fingerprint density at radius 1 is 1.25 bits per heavy atom. The first-order valence-corrected chi connectivity index (χ1v) is 8.13. The van der Waals surface area contributed by atoms with E-state index in [2.05, 4.69) is 10.6 Å². The molecule has 0 bridgehead atoms. The molecule has 0 radical (unpaired) electrons. The second-order valence-electron chi connectivity index (χ2n) is 7.47. The van der Waals surface area contributed by atoms with Crippen LogP contribution in [0.25, 0.3) is 0 Å². The topological polar surface area (TPSA) is 50.4 Å². The van der Waals surface area contributed by atoms with Crippen LogP contribution in [-0.4, -0.2) is 29.8 Å². The van der Waals surface area contributed by atoms with Crippen molar-refractivity contribution in [1.29, 1.82) is 0 Å². The number of piperidine rings is 1. The predicted molar refractivity (Wildman–Crippen MR) is 80.8 cm³/mol. The first-order valence-electron chi connectivity index (χ1n) is 8.13. The zero-order valence-corrected chi connectivity index (χ0v) is 13.3. The molecule has 2 N–H and O–H groups in total. The molecule has 1 unspecified atom stereocenters. The standard InChI is InChI=1S/C16H30N2O2/c1-15(2,3)20-14(19)18-16(9-5-6-10-16)12-13-8-4-7-11-17-13/h13,17H,4-12H2,1-3H3,(H,18,19). The van der Waals surface area contributed by atoms with Gasteiger partial charge in [0.2, 0.25) is 0 Å². The Morgan fingerprint density at radius 2 is 1.95 bits per heavy atom. The molecule has 0 aromatic heterocycles. The van der Waals surface area contributed by atoms with E-state index in [9.17, 15) is 4.79 Å². The minimum absolute atomic E-state index is 0.0443. The summed E-state index contributed by atoms with van der Waals surface area (Å²) in [4.78, 5) is 12.1.